The van der Waals surface area contributed by atoms with Gasteiger partial charge < -0.3 is 9.30 Å². The zero-order chi connectivity index (χ0) is 15.3. The molecule has 0 fully saturated rings. The van der Waals surface area contributed by atoms with Crippen LogP contribution >= 0.6 is 0 Å². The Bertz CT molecular complexity index is 846. The van der Waals surface area contributed by atoms with Crippen LogP contribution in [-0.4, -0.2) is 10.7 Å². The molecule has 3 aromatic rings. The van der Waals surface area contributed by atoms with Gasteiger partial charge in [-0.2, -0.15) is 0 Å². The highest BCUT2D eigenvalue weighted by atomic mass is 16.5. The van der Waals surface area contributed by atoms with Gasteiger partial charge >= 0.3 is 0 Å². The minimum atomic E-state index is 0.0241. The molecule has 2 atom stereocenters. The molecule has 0 spiro atoms. The highest BCUT2D eigenvalue weighted by molar-refractivity contribution is 5.85. The molecule has 1 aromatic heterocycles. The van der Waals surface area contributed by atoms with Gasteiger partial charge in [-0.25, -0.2) is 0 Å². The van der Waals surface area contributed by atoms with Gasteiger partial charge in [-0.1, -0.05) is 48.0 Å². The minimum Gasteiger partial charge on any atom is -0.362 e. The molecule has 0 amide bonds. The molecular formula is C20H21NO. The van der Waals surface area contributed by atoms with E-state index in [1.807, 2.05) is 0 Å². The van der Waals surface area contributed by atoms with E-state index in [4.69, 9.17) is 4.74 Å². The summed E-state index contributed by atoms with van der Waals surface area (Å²) < 4.78 is 8.79. The second kappa shape index (κ2) is 4.99. The molecule has 22 heavy (non-hydrogen) atoms. The fourth-order valence-electron chi connectivity index (χ4n) is 3.70. The van der Waals surface area contributed by atoms with Crippen molar-refractivity contribution >= 4 is 10.9 Å². The van der Waals surface area contributed by atoms with Gasteiger partial charge in [0, 0.05) is 17.4 Å². The molecule has 0 saturated heterocycles. The van der Waals surface area contributed by atoms with E-state index in [2.05, 4.69) is 73.9 Å². The van der Waals surface area contributed by atoms with Crippen LogP contribution in [0.2, 0.25) is 0 Å². The summed E-state index contributed by atoms with van der Waals surface area (Å²) in [5.41, 5.74) is 6.50. The van der Waals surface area contributed by atoms with Gasteiger partial charge in [0.2, 0.25) is 0 Å². The van der Waals surface area contributed by atoms with Gasteiger partial charge in [0.05, 0.1) is 11.8 Å². The van der Waals surface area contributed by atoms with Crippen molar-refractivity contribution in [1.29, 1.82) is 0 Å². The van der Waals surface area contributed by atoms with Crippen molar-refractivity contribution in [3.63, 3.8) is 0 Å². The average Bonchev–Trinajstić information content (AvgIpc) is 2.80. The molecule has 0 radical (unpaired) electrons. The molecule has 2 heterocycles. The van der Waals surface area contributed by atoms with Crippen molar-refractivity contribution in [3.05, 3.63) is 70.9 Å². The average molecular weight is 291 g/mol. The van der Waals surface area contributed by atoms with Crippen LogP contribution in [0.15, 0.2) is 48.5 Å². The Hall–Kier alpha value is -2.06. The van der Waals surface area contributed by atoms with Crippen LogP contribution in [0.1, 0.15) is 35.4 Å². The lowest BCUT2D eigenvalue weighted by Gasteiger charge is -2.32. The lowest BCUT2D eigenvalue weighted by molar-refractivity contribution is -0.0146. The Labute approximate surface area is 131 Å². The third-order valence-electron chi connectivity index (χ3n) is 4.68. The molecule has 0 unspecified atom stereocenters. The Morgan fingerprint density at radius 2 is 1.86 bits per heavy atom. The first-order valence-electron chi connectivity index (χ1n) is 7.95. The van der Waals surface area contributed by atoms with Crippen LogP contribution in [0, 0.1) is 13.8 Å². The zero-order valence-electron chi connectivity index (χ0n) is 13.3. The highest BCUT2D eigenvalue weighted by Gasteiger charge is 2.30. The predicted octanol–water partition coefficient (Wildman–Crippen LogP) is 4.77. The van der Waals surface area contributed by atoms with Gasteiger partial charge in [0.1, 0.15) is 6.10 Å². The number of fused-ring (bicyclic) bond motifs is 3. The SMILES string of the molecule is Cc1cccc([C@@H]2O[C@@H](C)Cn3c2c(C)c2ccccc23)c1. The van der Waals surface area contributed by atoms with Crippen molar-refractivity contribution in [1.82, 2.24) is 4.57 Å². The Morgan fingerprint density at radius 3 is 2.68 bits per heavy atom. The van der Waals surface area contributed by atoms with E-state index in [-0.39, 0.29) is 12.2 Å². The molecular weight excluding hydrogens is 270 g/mol. The van der Waals surface area contributed by atoms with Crippen molar-refractivity contribution in [3.8, 4) is 0 Å². The number of rotatable bonds is 1. The van der Waals surface area contributed by atoms with Gasteiger partial charge in [0.25, 0.3) is 0 Å². The molecule has 4 rings (SSSR count). The third kappa shape index (κ3) is 1.98. The number of aromatic nitrogens is 1. The normalized spacial score (nSPS) is 21.0. The van der Waals surface area contributed by atoms with Gasteiger partial charge in [-0.15, -0.1) is 0 Å². The summed E-state index contributed by atoms with van der Waals surface area (Å²) in [6.07, 6.45) is 0.240. The Morgan fingerprint density at radius 1 is 1.05 bits per heavy atom. The van der Waals surface area contributed by atoms with E-state index in [0.29, 0.717) is 0 Å². The van der Waals surface area contributed by atoms with E-state index >= 15 is 0 Å². The Balaban J connectivity index is 1.97. The van der Waals surface area contributed by atoms with E-state index in [0.717, 1.165) is 6.54 Å². The first kappa shape index (κ1) is 13.6. The molecule has 2 aromatic carbocycles. The summed E-state index contributed by atoms with van der Waals surface area (Å²) in [4.78, 5) is 0. The maximum Gasteiger partial charge on any atom is 0.123 e. The Kier molecular flexibility index (Phi) is 3.08. The fraction of sp³-hybridized carbons (Fsp3) is 0.300. The van der Waals surface area contributed by atoms with Crippen molar-refractivity contribution < 1.29 is 4.74 Å². The van der Waals surface area contributed by atoms with Crippen LogP contribution in [0.3, 0.4) is 0 Å². The molecule has 2 nitrogen and oxygen atoms in total. The second-order valence-corrected chi connectivity index (χ2v) is 6.38. The zero-order valence-corrected chi connectivity index (χ0v) is 13.3. The molecule has 0 N–H and O–H groups in total. The van der Waals surface area contributed by atoms with E-state index in [1.165, 1.54) is 33.3 Å². The number of ether oxygens (including phenoxy) is 1. The lowest BCUT2D eigenvalue weighted by atomic mass is 9.99. The molecule has 0 saturated carbocycles. The van der Waals surface area contributed by atoms with Crippen LogP contribution in [-0.2, 0) is 11.3 Å². The monoisotopic (exact) mass is 291 g/mol. The summed E-state index contributed by atoms with van der Waals surface area (Å²) in [6, 6.07) is 17.4. The second-order valence-electron chi connectivity index (χ2n) is 6.38. The van der Waals surface area contributed by atoms with Crippen LogP contribution in [0.25, 0.3) is 10.9 Å². The molecule has 2 heteroatoms. The number of nitrogens with zero attached hydrogens (tertiary/aromatic N) is 1. The third-order valence-corrected chi connectivity index (χ3v) is 4.68. The summed E-state index contributed by atoms with van der Waals surface area (Å²) in [5.74, 6) is 0. The van der Waals surface area contributed by atoms with E-state index in [9.17, 15) is 0 Å². The van der Waals surface area contributed by atoms with Gasteiger partial charge in [0.15, 0.2) is 0 Å². The lowest BCUT2D eigenvalue weighted by Crippen LogP contribution is -2.29. The van der Waals surface area contributed by atoms with Gasteiger partial charge in [-0.3, -0.25) is 0 Å². The number of para-hydroxylation sites is 1. The number of benzene rings is 2. The largest absolute Gasteiger partial charge is 0.362 e. The molecule has 0 aliphatic carbocycles. The first-order chi connectivity index (χ1) is 10.6. The summed E-state index contributed by atoms with van der Waals surface area (Å²) in [5, 5.41) is 1.34. The van der Waals surface area contributed by atoms with Crippen LogP contribution in [0.5, 0.6) is 0 Å². The highest BCUT2D eigenvalue weighted by Crippen LogP contribution is 2.39. The fourth-order valence-corrected chi connectivity index (χ4v) is 3.70. The van der Waals surface area contributed by atoms with E-state index < -0.39 is 0 Å². The first-order valence-corrected chi connectivity index (χ1v) is 7.95. The molecule has 112 valence electrons. The molecule has 1 aliphatic heterocycles. The molecule has 1 aliphatic rings. The quantitative estimate of drug-likeness (QED) is 0.630. The predicted molar refractivity (Wildman–Crippen MR) is 90.2 cm³/mol. The maximum atomic E-state index is 6.34. The summed E-state index contributed by atoms with van der Waals surface area (Å²) in [6.45, 7) is 7.44. The van der Waals surface area contributed by atoms with Crippen molar-refractivity contribution in [2.45, 2.75) is 39.5 Å². The molecule has 0 bridgehead atoms. The number of aryl methyl sites for hydroxylation is 2. The van der Waals surface area contributed by atoms with E-state index in [1.54, 1.807) is 0 Å². The smallest absolute Gasteiger partial charge is 0.123 e. The maximum absolute atomic E-state index is 6.34. The minimum absolute atomic E-state index is 0.0241. The number of hydrogen-bond donors (Lipinski definition) is 0. The van der Waals surface area contributed by atoms with Crippen molar-refractivity contribution in [2.75, 3.05) is 0 Å². The van der Waals surface area contributed by atoms with Crippen LogP contribution < -0.4 is 0 Å². The number of hydrogen-bond acceptors (Lipinski definition) is 1. The summed E-state index contributed by atoms with van der Waals surface area (Å²) >= 11 is 0. The van der Waals surface area contributed by atoms with Crippen molar-refractivity contribution in [2.24, 2.45) is 0 Å². The van der Waals surface area contributed by atoms with Gasteiger partial charge in [-0.05, 0) is 38.0 Å². The standard InChI is InChI=1S/C20H21NO/c1-13-7-6-8-16(11-13)20-19-15(3)17-9-4-5-10-18(17)21(19)12-14(2)22-20/h4-11,14,20H,12H2,1-3H3/t14-,20-/m0/s1. The van der Waals surface area contributed by atoms with Crippen LogP contribution in [0.4, 0.5) is 0 Å². The topological polar surface area (TPSA) is 14.2 Å². The summed E-state index contributed by atoms with van der Waals surface area (Å²) in [7, 11) is 0.